The van der Waals surface area contributed by atoms with Crippen molar-refractivity contribution >= 4 is 6.29 Å². The number of carbonyl (C=O) groups excluding carboxylic acids is 1. The van der Waals surface area contributed by atoms with Crippen LogP contribution in [0.25, 0.3) is 0 Å². The Hall–Kier alpha value is -1.63. The monoisotopic (exact) mass is 359 g/mol. The largest absolute Gasteiger partial charge is 0.454 e. The maximum atomic E-state index is 11.9. The number of hydrogen-bond acceptors (Lipinski definition) is 6. The molecular weight excluding hydrogens is 334 g/mol. The summed E-state index contributed by atoms with van der Waals surface area (Å²) in [5.41, 5.74) is 1.65. The van der Waals surface area contributed by atoms with Gasteiger partial charge >= 0.3 is 0 Å². The molecule has 1 aromatic carbocycles. The predicted octanol–water partition coefficient (Wildman–Crippen LogP) is 2.56. The predicted molar refractivity (Wildman–Crippen MR) is 93.7 cm³/mol. The zero-order valence-corrected chi connectivity index (χ0v) is 15.4. The summed E-state index contributed by atoms with van der Waals surface area (Å²) in [6, 6.07) is 4.13. The number of likely N-dealkylation sites (N-methyl/N-ethyl adjacent to an activating group) is 1. The van der Waals surface area contributed by atoms with Crippen molar-refractivity contribution in [1.29, 1.82) is 0 Å². The van der Waals surface area contributed by atoms with Crippen LogP contribution in [0.1, 0.15) is 48.5 Å². The molecule has 5 rings (SSSR count). The van der Waals surface area contributed by atoms with Gasteiger partial charge < -0.3 is 23.8 Å². The minimum absolute atomic E-state index is 0.0627. The molecule has 0 amide bonds. The molecule has 1 unspecified atom stereocenters. The molecule has 0 N–H and O–H groups in total. The Morgan fingerprint density at radius 3 is 2.73 bits per heavy atom. The van der Waals surface area contributed by atoms with E-state index in [1.807, 2.05) is 19.9 Å². The van der Waals surface area contributed by atoms with Crippen LogP contribution < -0.4 is 9.47 Å². The molecule has 0 bridgehead atoms. The van der Waals surface area contributed by atoms with Crippen LogP contribution in [0, 0.1) is 5.92 Å². The highest BCUT2D eigenvalue weighted by molar-refractivity contribution is 5.80. The van der Waals surface area contributed by atoms with E-state index in [0.29, 0.717) is 29.0 Å². The maximum Gasteiger partial charge on any atom is 0.231 e. The first-order chi connectivity index (χ1) is 12.5. The Bertz CT molecular complexity index is 748. The van der Waals surface area contributed by atoms with Gasteiger partial charge in [-0.25, -0.2) is 0 Å². The third-order valence-corrected chi connectivity index (χ3v) is 6.39. The lowest BCUT2D eigenvalue weighted by Crippen LogP contribution is -2.49. The lowest BCUT2D eigenvalue weighted by molar-refractivity contribution is -0.147. The van der Waals surface area contributed by atoms with Crippen LogP contribution in [0.2, 0.25) is 0 Å². The second-order valence-corrected chi connectivity index (χ2v) is 8.37. The molecule has 4 aliphatic rings. The molecule has 5 atom stereocenters. The van der Waals surface area contributed by atoms with E-state index in [1.54, 1.807) is 6.07 Å². The Morgan fingerprint density at radius 2 is 1.96 bits per heavy atom. The third-order valence-electron chi connectivity index (χ3n) is 6.39. The molecule has 1 saturated carbocycles. The van der Waals surface area contributed by atoms with Gasteiger partial charge in [-0.3, -0.25) is 4.79 Å². The number of aldehydes is 1. The molecule has 3 heterocycles. The molecule has 0 aromatic heterocycles. The quantitative estimate of drug-likeness (QED) is 0.757. The van der Waals surface area contributed by atoms with Gasteiger partial charge in [-0.1, -0.05) is 0 Å². The Labute approximate surface area is 153 Å². The van der Waals surface area contributed by atoms with Gasteiger partial charge in [0.2, 0.25) is 6.79 Å². The second kappa shape index (κ2) is 5.68. The summed E-state index contributed by atoms with van der Waals surface area (Å²) in [4.78, 5) is 14.3. The molecule has 1 aromatic rings. The van der Waals surface area contributed by atoms with E-state index in [9.17, 15) is 4.79 Å². The first-order valence-electron chi connectivity index (χ1n) is 9.41. The molecule has 0 spiro atoms. The normalized spacial score (nSPS) is 37.4. The standard InChI is InChI=1S/C20H25NO5/c1-20(2)25-16-6-11-4-5-21(3)18(11)17(19(16)26-20)13-8-15-14(23-10-24-15)7-12(13)9-22/h7-9,11,16-19H,4-6,10H2,1-3H3/t11-,16?,17+,18-,19+/m1/s1. The Balaban J connectivity index is 1.63. The fourth-order valence-electron chi connectivity index (χ4n) is 5.44. The van der Waals surface area contributed by atoms with Gasteiger partial charge in [0, 0.05) is 17.5 Å². The first-order valence-corrected chi connectivity index (χ1v) is 9.41. The van der Waals surface area contributed by atoms with E-state index in [4.69, 9.17) is 18.9 Å². The second-order valence-electron chi connectivity index (χ2n) is 8.37. The van der Waals surface area contributed by atoms with Crippen LogP contribution in [-0.4, -0.2) is 55.6 Å². The summed E-state index contributed by atoms with van der Waals surface area (Å²) in [6.07, 6.45) is 3.09. The van der Waals surface area contributed by atoms with E-state index in [0.717, 1.165) is 31.2 Å². The van der Waals surface area contributed by atoms with Crippen molar-refractivity contribution in [2.75, 3.05) is 20.4 Å². The molecular formula is C20H25NO5. The summed E-state index contributed by atoms with van der Waals surface area (Å²) in [7, 11) is 2.17. The van der Waals surface area contributed by atoms with E-state index >= 15 is 0 Å². The van der Waals surface area contributed by atoms with Crippen LogP contribution in [0.3, 0.4) is 0 Å². The van der Waals surface area contributed by atoms with Gasteiger partial charge in [0.1, 0.15) is 6.29 Å². The summed E-state index contributed by atoms with van der Waals surface area (Å²) in [5, 5.41) is 0. The Kier molecular flexibility index (Phi) is 3.61. The molecule has 3 aliphatic heterocycles. The summed E-state index contributed by atoms with van der Waals surface area (Å²) in [5.74, 6) is 1.38. The zero-order valence-electron chi connectivity index (χ0n) is 15.4. The number of benzene rings is 1. The van der Waals surface area contributed by atoms with Crippen molar-refractivity contribution in [3.05, 3.63) is 23.3 Å². The van der Waals surface area contributed by atoms with Crippen molar-refractivity contribution < 1.29 is 23.7 Å². The van der Waals surface area contributed by atoms with Crippen LogP contribution in [0.5, 0.6) is 11.5 Å². The SMILES string of the molecule is CN1CC[C@@H]2CC3OC(C)(C)O[C@@H]3[C@@H](c3cc4c(cc3C=O)OCO4)[C@@H]21. The molecule has 6 nitrogen and oxygen atoms in total. The van der Waals surface area contributed by atoms with E-state index in [1.165, 1.54) is 0 Å². The number of fused-ring (bicyclic) bond motifs is 3. The highest BCUT2D eigenvalue weighted by Gasteiger charge is 2.56. The van der Waals surface area contributed by atoms with E-state index < -0.39 is 5.79 Å². The minimum atomic E-state index is -0.595. The number of likely N-dealkylation sites (tertiary alicyclic amines) is 1. The van der Waals surface area contributed by atoms with Gasteiger partial charge in [-0.15, -0.1) is 0 Å². The van der Waals surface area contributed by atoms with Crippen LogP contribution in [-0.2, 0) is 9.47 Å². The average Bonchev–Trinajstić information content (AvgIpc) is 3.27. The first kappa shape index (κ1) is 16.5. The molecule has 2 saturated heterocycles. The highest BCUT2D eigenvalue weighted by atomic mass is 16.8. The summed E-state index contributed by atoms with van der Waals surface area (Å²) >= 11 is 0. The molecule has 0 radical (unpaired) electrons. The van der Waals surface area contributed by atoms with Crippen molar-refractivity contribution in [1.82, 2.24) is 4.90 Å². The van der Waals surface area contributed by atoms with Gasteiger partial charge in [-0.2, -0.15) is 0 Å². The van der Waals surface area contributed by atoms with Crippen LogP contribution >= 0.6 is 0 Å². The number of carbonyl (C=O) groups is 1. The van der Waals surface area contributed by atoms with Crippen molar-refractivity contribution in [3.63, 3.8) is 0 Å². The fourth-order valence-corrected chi connectivity index (χ4v) is 5.44. The summed E-state index contributed by atoms with van der Waals surface area (Å²) < 4.78 is 23.6. The number of ether oxygens (including phenoxy) is 4. The molecule has 26 heavy (non-hydrogen) atoms. The maximum absolute atomic E-state index is 11.9. The lowest BCUT2D eigenvalue weighted by atomic mass is 9.70. The molecule has 3 fully saturated rings. The van der Waals surface area contributed by atoms with E-state index in [2.05, 4.69) is 11.9 Å². The van der Waals surface area contributed by atoms with Gasteiger partial charge in [0.15, 0.2) is 17.3 Å². The summed E-state index contributed by atoms with van der Waals surface area (Å²) in [6.45, 7) is 5.21. The minimum Gasteiger partial charge on any atom is -0.454 e. The van der Waals surface area contributed by atoms with Gasteiger partial charge in [0.25, 0.3) is 0 Å². The van der Waals surface area contributed by atoms with Crippen molar-refractivity contribution in [2.45, 2.75) is 56.6 Å². The smallest absolute Gasteiger partial charge is 0.231 e. The number of hydrogen-bond donors (Lipinski definition) is 0. The van der Waals surface area contributed by atoms with Crippen molar-refractivity contribution in [3.8, 4) is 11.5 Å². The zero-order chi connectivity index (χ0) is 18.1. The fraction of sp³-hybridized carbons (Fsp3) is 0.650. The lowest BCUT2D eigenvalue weighted by Gasteiger charge is -2.43. The van der Waals surface area contributed by atoms with Crippen LogP contribution in [0.4, 0.5) is 0 Å². The molecule has 140 valence electrons. The number of nitrogens with zero attached hydrogens (tertiary/aromatic N) is 1. The average molecular weight is 359 g/mol. The highest BCUT2D eigenvalue weighted by Crippen LogP contribution is 2.52. The Morgan fingerprint density at radius 1 is 1.19 bits per heavy atom. The number of rotatable bonds is 2. The molecule has 1 aliphatic carbocycles. The third kappa shape index (κ3) is 2.39. The van der Waals surface area contributed by atoms with Crippen LogP contribution in [0.15, 0.2) is 12.1 Å². The topological polar surface area (TPSA) is 57.2 Å². The van der Waals surface area contributed by atoms with E-state index in [-0.39, 0.29) is 24.9 Å². The van der Waals surface area contributed by atoms with Gasteiger partial charge in [0.05, 0.1) is 12.2 Å². The van der Waals surface area contributed by atoms with Gasteiger partial charge in [-0.05, 0) is 63.9 Å². The molecule has 6 heteroatoms. The van der Waals surface area contributed by atoms with Crippen molar-refractivity contribution in [2.24, 2.45) is 5.92 Å².